The lowest BCUT2D eigenvalue weighted by molar-refractivity contribution is -0.239. The third-order valence-electron chi connectivity index (χ3n) is 5.78. The van der Waals surface area contributed by atoms with Gasteiger partial charge in [0.25, 0.3) is 0 Å². The Bertz CT molecular complexity index is 938. The van der Waals surface area contributed by atoms with Gasteiger partial charge < -0.3 is 29.4 Å². The Morgan fingerprint density at radius 2 is 2.07 bits per heavy atom. The van der Waals surface area contributed by atoms with Crippen LogP contribution in [0.5, 0.6) is 5.75 Å². The Balaban J connectivity index is 1.43. The van der Waals surface area contributed by atoms with Crippen LogP contribution in [0, 0.1) is 0 Å². The highest BCUT2D eigenvalue weighted by atomic mass is 79.9. The molecule has 8 heteroatoms. The summed E-state index contributed by atoms with van der Waals surface area (Å²) in [5.41, 5.74) is 6.16. The highest BCUT2D eigenvalue weighted by Gasteiger charge is 2.70. The van der Waals surface area contributed by atoms with Gasteiger partial charge in [0.1, 0.15) is 35.5 Å². The van der Waals surface area contributed by atoms with Crippen LogP contribution in [0.2, 0.25) is 0 Å². The van der Waals surface area contributed by atoms with Crippen molar-refractivity contribution in [2.75, 3.05) is 12.8 Å². The molecule has 5 rings (SSSR count). The van der Waals surface area contributed by atoms with E-state index in [0.29, 0.717) is 5.82 Å². The van der Waals surface area contributed by atoms with E-state index in [4.69, 9.17) is 29.4 Å². The minimum Gasteiger partial charge on any atom is -0.488 e. The van der Waals surface area contributed by atoms with Crippen molar-refractivity contribution in [3.05, 3.63) is 28.7 Å². The maximum absolute atomic E-state index is 6.34. The first-order valence-corrected chi connectivity index (χ1v) is 10.2. The van der Waals surface area contributed by atoms with Crippen molar-refractivity contribution in [3.8, 4) is 5.75 Å². The molecule has 28 heavy (non-hydrogen) atoms. The average Bonchev–Trinajstić information content (AvgIpc) is 3.20. The molecule has 2 aliphatic heterocycles. The third-order valence-corrected chi connectivity index (χ3v) is 6.42. The quantitative estimate of drug-likeness (QED) is 0.766. The second-order valence-electron chi connectivity index (χ2n) is 8.06. The van der Waals surface area contributed by atoms with Gasteiger partial charge in [-0.15, -0.1) is 0 Å². The van der Waals surface area contributed by atoms with Crippen molar-refractivity contribution in [1.29, 1.82) is 0 Å². The van der Waals surface area contributed by atoms with Gasteiger partial charge in [0.2, 0.25) is 0 Å². The largest absolute Gasteiger partial charge is 0.488 e. The molecule has 0 amide bonds. The van der Waals surface area contributed by atoms with Gasteiger partial charge in [0.15, 0.2) is 12.1 Å². The lowest BCUT2D eigenvalue weighted by atomic mass is 9.95. The molecule has 2 N–H and O–H groups in total. The molecular weight excluding hydrogens is 428 g/mol. The number of ether oxygens (including phenoxy) is 5. The van der Waals surface area contributed by atoms with Crippen LogP contribution in [0.1, 0.15) is 26.7 Å². The zero-order chi connectivity index (χ0) is 19.7. The second-order valence-corrected chi connectivity index (χ2v) is 8.92. The minimum absolute atomic E-state index is 0.162. The fraction of sp³-hybridized carbons (Fsp3) is 0.550. The predicted molar refractivity (Wildman–Crippen MR) is 106 cm³/mol. The number of anilines is 1. The molecule has 1 saturated carbocycles. The van der Waals surface area contributed by atoms with E-state index in [2.05, 4.69) is 20.9 Å². The maximum Gasteiger partial charge on any atom is 0.187 e. The fourth-order valence-electron chi connectivity index (χ4n) is 4.72. The van der Waals surface area contributed by atoms with E-state index < -0.39 is 17.7 Å². The number of nitrogen functional groups attached to an aromatic ring is 1. The van der Waals surface area contributed by atoms with Crippen molar-refractivity contribution >= 4 is 32.7 Å². The molecule has 7 nitrogen and oxygen atoms in total. The summed E-state index contributed by atoms with van der Waals surface area (Å²) in [6.45, 7) is 3.85. The van der Waals surface area contributed by atoms with E-state index in [1.54, 1.807) is 7.11 Å². The first kappa shape index (κ1) is 18.6. The lowest BCUT2D eigenvalue weighted by Crippen LogP contribution is -2.46. The summed E-state index contributed by atoms with van der Waals surface area (Å²) in [4.78, 5) is 4.43. The molecule has 1 aromatic carbocycles. The summed E-state index contributed by atoms with van der Waals surface area (Å²) in [6, 6.07) is 7.76. The number of pyridine rings is 1. The molecule has 1 aromatic heterocycles. The molecule has 1 unspecified atom stereocenters. The van der Waals surface area contributed by atoms with Crippen LogP contribution in [0.4, 0.5) is 5.82 Å². The smallest absolute Gasteiger partial charge is 0.187 e. The van der Waals surface area contributed by atoms with E-state index in [-0.39, 0.29) is 18.3 Å². The first-order chi connectivity index (χ1) is 13.3. The van der Waals surface area contributed by atoms with E-state index in [1.807, 2.05) is 38.1 Å². The normalized spacial score (nSPS) is 35.9. The number of aromatic nitrogens is 1. The summed E-state index contributed by atoms with van der Waals surface area (Å²) in [7, 11) is 1.63. The molecule has 2 aromatic rings. The number of benzene rings is 1. The summed E-state index contributed by atoms with van der Waals surface area (Å²) in [5, 5.41) is 0.988. The standard InChI is InChI=1S/C20H23BrN2O5/c1-19(2)27-16-18(24-3)26-15-14(6-7-20(15,16)28-19)25-11-5-4-10-8-12(21)17(22)23-13(10)9-11/h4-5,8-9,14-16,18H,6-7H2,1-3H3,(H2,22,23)/t14-,15+,16-,18?,20+/m0/s1. The van der Waals surface area contributed by atoms with Gasteiger partial charge in [-0.05, 0) is 60.8 Å². The monoisotopic (exact) mass is 450 g/mol. The van der Waals surface area contributed by atoms with E-state index in [1.165, 1.54) is 0 Å². The van der Waals surface area contributed by atoms with E-state index in [9.17, 15) is 0 Å². The SMILES string of the molecule is COC1O[C@@H]2[C@@H](Oc3ccc4cc(Br)c(N)nc4c3)CC[C@@]23OC(C)(C)O[C@@H]13. The minimum atomic E-state index is -0.670. The van der Waals surface area contributed by atoms with Crippen LogP contribution in [0.15, 0.2) is 28.7 Å². The number of rotatable bonds is 3. The summed E-state index contributed by atoms with van der Waals surface area (Å²) in [6.07, 6.45) is 0.455. The number of hydrogen-bond acceptors (Lipinski definition) is 7. The molecular formula is C20H23BrN2O5. The summed E-state index contributed by atoms with van der Waals surface area (Å²) in [5.74, 6) is 0.506. The van der Waals surface area contributed by atoms with Crippen LogP contribution < -0.4 is 10.5 Å². The topological polar surface area (TPSA) is 85.1 Å². The van der Waals surface area contributed by atoms with Gasteiger partial charge in [-0.2, -0.15) is 0 Å². The predicted octanol–water partition coefficient (Wildman–Crippen LogP) is 3.38. The van der Waals surface area contributed by atoms with Crippen LogP contribution in [0.25, 0.3) is 10.9 Å². The molecule has 0 bridgehead atoms. The molecule has 3 fully saturated rings. The van der Waals surface area contributed by atoms with Crippen LogP contribution in [-0.2, 0) is 18.9 Å². The molecule has 1 spiro atoms. The Morgan fingerprint density at radius 1 is 1.25 bits per heavy atom. The van der Waals surface area contributed by atoms with Crippen LogP contribution in [0.3, 0.4) is 0 Å². The van der Waals surface area contributed by atoms with Gasteiger partial charge >= 0.3 is 0 Å². The summed E-state index contributed by atoms with van der Waals surface area (Å²) < 4.78 is 31.2. The number of hydrogen-bond donors (Lipinski definition) is 1. The Hall–Kier alpha value is -1.45. The van der Waals surface area contributed by atoms with Crippen molar-refractivity contribution in [3.63, 3.8) is 0 Å². The third kappa shape index (κ3) is 2.74. The summed E-state index contributed by atoms with van der Waals surface area (Å²) >= 11 is 3.41. The van der Waals surface area contributed by atoms with E-state index in [0.717, 1.165) is 34.0 Å². The number of nitrogens with zero attached hydrogens (tertiary/aromatic N) is 1. The van der Waals surface area contributed by atoms with Gasteiger partial charge in [-0.1, -0.05) is 0 Å². The highest BCUT2D eigenvalue weighted by molar-refractivity contribution is 9.10. The number of fused-ring (bicyclic) bond motifs is 1. The Labute approximate surface area is 171 Å². The van der Waals surface area contributed by atoms with Crippen LogP contribution in [-0.4, -0.2) is 48.1 Å². The van der Waals surface area contributed by atoms with Gasteiger partial charge in [-0.3, -0.25) is 0 Å². The number of halogens is 1. The molecule has 1 aliphatic carbocycles. The molecule has 3 aliphatic rings. The van der Waals surface area contributed by atoms with Crippen molar-refractivity contribution in [1.82, 2.24) is 4.98 Å². The zero-order valence-corrected chi connectivity index (χ0v) is 17.6. The van der Waals surface area contributed by atoms with Gasteiger partial charge in [-0.25, -0.2) is 4.98 Å². The number of nitrogens with two attached hydrogens (primary N) is 1. The highest BCUT2D eigenvalue weighted by Crippen LogP contribution is 2.54. The van der Waals surface area contributed by atoms with Crippen molar-refractivity contribution in [2.24, 2.45) is 0 Å². The zero-order valence-electron chi connectivity index (χ0n) is 16.0. The second kappa shape index (κ2) is 6.27. The molecule has 2 saturated heterocycles. The maximum atomic E-state index is 6.34. The van der Waals surface area contributed by atoms with Gasteiger partial charge in [0, 0.05) is 18.6 Å². The fourth-order valence-corrected chi connectivity index (χ4v) is 5.06. The van der Waals surface area contributed by atoms with Crippen molar-refractivity contribution in [2.45, 2.75) is 62.7 Å². The first-order valence-electron chi connectivity index (χ1n) is 9.40. The number of methoxy groups -OCH3 is 1. The molecule has 150 valence electrons. The molecule has 5 atom stereocenters. The molecule has 3 heterocycles. The Morgan fingerprint density at radius 3 is 2.86 bits per heavy atom. The Kier molecular flexibility index (Phi) is 4.16. The van der Waals surface area contributed by atoms with Gasteiger partial charge in [0.05, 0.1) is 9.99 Å². The lowest BCUT2D eigenvalue weighted by Gasteiger charge is -2.29. The average molecular weight is 451 g/mol. The van der Waals surface area contributed by atoms with Crippen LogP contribution >= 0.6 is 15.9 Å². The van der Waals surface area contributed by atoms with E-state index >= 15 is 0 Å². The van der Waals surface area contributed by atoms with Crippen molar-refractivity contribution < 1.29 is 23.7 Å². The molecule has 0 radical (unpaired) electrons.